The van der Waals surface area contributed by atoms with Crippen LogP contribution in [0.1, 0.15) is 17.8 Å². The number of carbonyl (C=O) groups is 2. The van der Waals surface area contributed by atoms with E-state index in [0.717, 1.165) is 23.2 Å². The number of hydrogen-bond acceptors (Lipinski definition) is 4. The molecule has 2 aromatic carbocycles. The number of fused-ring (bicyclic) bond motifs is 1. The van der Waals surface area contributed by atoms with Gasteiger partial charge in [0.1, 0.15) is 18.1 Å². The van der Waals surface area contributed by atoms with Gasteiger partial charge in [-0.05, 0) is 54.6 Å². The molecule has 32 heavy (non-hydrogen) atoms. The number of aromatic nitrogens is 3. The maximum absolute atomic E-state index is 13.2. The zero-order chi connectivity index (χ0) is 22.5. The van der Waals surface area contributed by atoms with Gasteiger partial charge in [0.05, 0.1) is 16.9 Å². The summed E-state index contributed by atoms with van der Waals surface area (Å²) in [5, 5.41) is 12.9. The number of carbonyl (C=O) groups excluding carboxylic acids is 2. The molecule has 4 aromatic rings. The predicted octanol–water partition coefficient (Wildman–Crippen LogP) is 4.37. The van der Waals surface area contributed by atoms with E-state index in [0.29, 0.717) is 23.0 Å². The van der Waals surface area contributed by atoms with E-state index in [2.05, 4.69) is 25.8 Å². The Hall–Kier alpha value is -4.40. The van der Waals surface area contributed by atoms with Crippen LogP contribution in [-0.4, -0.2) is 27.0 Å². The molecule has 160 valence electrons. The summed E-state index contributed by atoms with van der Waals surface area (Å²) in [7, 11) is 0. The number of H-pyrrole nitrogens is 1. The average molecular weight is 433 g/mol. The molecule has 0 spiro atoms. The summed E-state index contributed by atoms with van der Waals surface area (Å²) < 4.78 is 26.4. The van der Waals surface area contributed by atoms with Gasteiger partial charge < -0.3 is 10.6 Å². The molecule has 0 unspecified atom stereocenters. The summed E-state index contributed by atoms with van der Waals surface area (Å²) >= 11 is 0. The molecule has 0 saturated carbocycles. The minimum atomic E-state index is -0.827. The minimum Gasteiger partial charge on any atom is -0.326 e. The Morgan fingerprint density at radius 1 is 0.906 bits per heavy atom. The van der Waals surface area contributed by atoms with Gasteiger partial charge in [0.15, 0.2) is 0 Å². The fourth-order valence-corrected chi connectivity index (χ4v) is 3.07. The van der Waals surface area contributed by atoms with Gasteiger partial charge in [0.25, 0.3) is 0 Å². The summed E-state index contributed by atoms with van der Waals surface area (Å²) in [5.74, 6) is -2.93. The van der Waals surface area contributed by atoms with Crippen molar-refractivity contribution in [2.24, 2.45) is 0 Å². The maximum Gasteiger partial charge on any atom is 0.233 e. The number of pyridine rings is 1. The van der Waals surface area contributed by atoms with Gasteiger partial charge in [-0.2, -0.15) is 5.10 Å². The van der Waals surface area contributed by atoms with Gasteiger partial charge in [0.2, 0.25) is 11.8 Å². The van der Waals surface area contributed by atoms with E-state index >= 15 is 0 Å². The van der Waals surface area contributed by atoms with Crippen molar-refractivity contribution in [2.45, 2.75) is 6.42 Å². The number of amides is 2. The van der Waals surface area contributed by atoms with E-state index in [1.165, 1.54) is 0 Å². The number of aromatic amines is 1. The second kappa shape index (κ2) is 9.17. The van der Waals surface area contributed by atoms with Crippen molar-refractivity contribution in [3.63, 3.8) is 0 Å². The van der Waals surface area contributed by atoms with Crippen molar-refractivity contribution >= 4 is 46.2 Å². The van der Waals surface area contributed by atoms with Crippen LogP contribution in [0.4, 0.5) is 20.2 Å². The van der Waals surface area contributed by atoms with Crippen molar-refractivity contribution in [1.29, 1.82) is 0 Å². The molecule has 0 aliphatic rings. The molecule has 0 aliphatic carbocycles. The topological polar surface area (TPSA) is 99.8 Å². The quantitative estimate of drug-likeness (QED) is 0.393. The lowest BCUT2D eigenvalue weighted by Gasteiger charge is -2.07. The van der Waals surface area contributed by atoms with Crippen LogP contribution < -0.4 is 10.6 Å². The standard InChI is InChI=1S/C23H17F2N5O2/c24-14-9-15(25)11-18(10-14)28-23(32)13-22(31)27-17-4-6-19-20(29-30-21(19)12-17)7-5-16-3-1-2-8-26-16/h1-12H,13H2,(H,27,31)(H,28,32)(H,29,30)/b7-5+. The Morgan fingerprint density at radius 3 is 2.38 bits per heavy atom. The number of hydrogen-bond donors (Lipinski definition) is 3. The van der Waals surface area contributed by atoms with Crippen LogP contribution in [0.15, 0.2) is 60.8 Å². The molecule has 2 amide bonds. The van der Waals surface area contributed by atoms with Crippen LogP contribution in [0.2, 0.25) is 0 Å². The monoisotopic (exact) mass is 433 g/mol. The highest BCUT2D eigenvalue weighted by molar-refractivity contribution is 6.08. The van der Waals surface area contributed by atoms with E-state index < -0.39 is 29.9 Å². The van der Waals surface area contributed by atoms with Gasteiger partial charge in [0, 0.05) is 29.0 Å². The molecule has 0 saturated heterocycles. The van der Waals surface area contributed by atoms with Crippen molar-refractivity contribution < 1.29 is 18.4 Å². The third-order valence-corrected chi connectivity index (χ3v) is 4.44. The zero-order valence-electron chi connectivity index (χ0n) is 16.6. The lowest BCUT2D eigenvalue weighted by molar-refractivity contribution is -0.123. The first-order valence-corrected chi connectivity index (χ1v) is 9.59. The number of rotatable bonds is 6. The van der Waals surface area contributed by atoms with Gasteiger partial charge in [-0.3, -0.25) is 19.7 Å². The van der Waals surface area contributed by atoms with Crippen molar-refractivity contribution in [3.05, 3.63) is 83.8 Å². The molecule has 2 aromatic heterocycles. The Morgan fingerprint density at radius 2 is 1.66 bits per heavy atom. The number of halogens is 2. The Labute approximate surface area is 181 Å². The first-order chi connectivity index (χ1) is 15.5. The molecular weight excluding hydrogens is 416 g/mol. The van der Waals surface area contributed by atoms with Crippen molar-refractivity contribution in [1.82, 2.24) is 15.2 Å². The molecule has 0 radical (unpaired) electrons. The van der Waals surface area contributed by atoms with Gasteiger partial charge in [-0.15, -0.1) is 0 Å². The number of nitrogens with one attached hydrogen (secondary N) is 3. The Balaban J connectivity index is 1.39. The average Bonchev–Trinajstić information content (AvgIpc) is 3.14. The SMILES string of the molecule is O=C(CC(=O)Nc1ccc2c(/C=C/c3ccccn3)n[nH]c2c1)Nc1cc(F)cc(F)c1. The van der Waals surface area contributed by atoms with Gasteiger partial charge in [-0.1, -0.05) is 6.07 Å². The van der Waals surface area contributed by atoms with Crippen molar-refractivity contribution in [3.8, 4) is 0 Å². The second-order valence-corrected chi connectivity index (χ2v) is 6.89. The molecule has 0 aliphatic heterocycles. The molecule has 9 heteroatoms. The van der Waals surface area contributed by atoms with Crippen LogP contribution in [0.3, 0.4) is 0 Å². The van der Waals surface area contributed by atoms with E-state index in [9.17, 15) is 18.4 Å². The first kappa shape index (κ1) is 20.9. The molecule has 4 rings (SSSR count). The number of anilines is 2. The molecule has 7 nitrogen and oxygen atoms in total. The zero-order valence-corrected chi connectivity index (χ0v) is 16.6. The summed E-state index contributed by atoms with van der Waals surface area (Å²) in [6.45, 7) is 0. The highest BCUT2D eigenvalue weighted by Crippen LogP contribution is 2.22. The van der Waals surface area contributed by atoms with E-state index in [-0.39, 0.29) is 5.69 Å². The van der Waals surface area contributed by atoms with Crippen LogP contribution in [0.25, 0.3) is 23.1 Å². The lowest BCUT2D eigenvalue weighted by Crippen LogP contribution is -2.21. The number of benzene rings is 2. The molecule has 0 bridgehead atoms. The third kappa shape index (κ3) is 5.20. The van der Waals surface area contributed by atoms with Crippen LogP contribution >= 0.6 is 0 Å². The molecule has 0 atom stereocenters. The van der Waals surface area contributed by atoms with E-state index in [1.807, 2.05) is 30.4 Å². The minimum absolute atomic E-state index is 0.0644. The lowest BCUT2D eigenvalue weighted by atomic mass is 10.1. The fraction of sp³-hybridized carbons (Fsp3) is 0.0435. The smallest absolute Gasteiger partial charge is 0.233 e. The highest BCUT2D eigenvalue weighted by Gasteiger charge is 2.12. The largest absolute Gasteiger partial charge is 0.326 e. The fourth-order valence-electron chi connectivity index (χ4n) is 3.07. The molecule has 2 heterocycles. The van der Waals surface area contributed by atoms with E-state index in [4.69, 9.17) is 0 Å². The van der Waals surface area contributed by atoms with Crippen LogP contribution in [-0.2, 0) is 9.59 Å². The highest BCUT2D eigenvalue weighted by atomic mass is 19.1. The third-order valence-electron chi connectivity index (χ3n) is 4.44. The Kier molecular flexibility index (Phi) is 5.98. The normalized spacial score (nSPS) is 11.1. The summed E-state index contributed by atoms with van der Waals surface area (Å²) in [6.07, 6.45) is 4.86. The predicted molar refractivity (Wildman–Crippen MR) is 117 cm³/mol. The van der Waals surface area contributed by atoms with Crippen LogP contribution in [0, 0.1) is 11.6 Å². The molecule has 0 fully saturated rings. The summed E-state index contributed by atoms with van der Waals surface area (Å²) in [5.41, 5.74) is 2.61. The Bertz CT molecular complexity index is 1300. The first-order valence-electron chi connectivity index (χ1n) is 9.59. The second-order valence-electron chi connectivity index (χ2n) is 6.89. The van der Waals surface area contributed by atoms with Crippen molar-refractivity contribution in [2.75, 3.05) is 10.6 Å². The van der Waals surface area contributed by atoms with Gasteiger partial charge in [-0.25, -0.2) is 8.78 Å². The number of nitrogens with zero attached hydrogens (tertiary/aromatic N) is 2. The van der Waals surface area contributed by atoms with Gasteiger partial charge >= 0.3 is 0 Å². The molecule has 3 N–H and O–H groups in total. The maximum atomic E-state index is 13.2. The van der Waals surface area contributed by atoms with Crippen LogP contribution in [0.5, 0.6) is 0 Å². The van der Waals surface area contributed by atoms with E-state index in [1.54, 1.807) is 24.4 Å². The summed E-state index contributed by atoms with van der Waals surface area (Å²) in [4.78, 5) is 28.4. The molecular formula is C23H17F2N5O2. The summed E-state index contributed by atoms with van der Waals surface area (Å²) in [6, 6.07) is 13.4.